The van der Waals surface area contributed by atoms with Crippen molar-refractivity contribution in [2.75, 3.05) is 11.9 Å². The maximum Gasteiger partial charge on any atom is 0.339 e. The number of anilines is 1. The van der Waals surface area contributed by atoms with Crippen LogP contribution in [-0.4, -0.2) is 22.6 Å². The van der Waals surface area contributed by atoms with Crippen LogP contribution < -0.4 is 5.32 Å². The van der Waals surface area contributed by atoms with Crippen LogP contribution in [0.5, 0.6) is 0 Å². The number of aromatic carboxylic acids is 1. The maximum atomic E-state index is 11.2. The highest BCUT2D eigenvalue weighted by Gasteiger charge is 2.19. The van der Waals surface area contributed by atoms with E-state index >= 15 is 0 Å². The van der Waals surface area contributed by atoms with Crippen molar-refractivity contribution in [3.63, 3.8) is 0 Å². The van der Waals surface area contributed by atoms with Crippen LogP contribution in [-0.2, 0) is 12.8 Å². The van der Waals surface area contributed by atoms with Gasteiger partial charge in [-0.2, -0.15) is 0 Å². The third-order valence-electron chi connectivity index (χ3n) is 3.10. The minimum atomic E-state index is -0.897. The number of carboxylic acid groups (broad SMARTS) is 1. The quantitative estimate of drug-likeness (QED) is 0.768. The molecule has 0 radical (unpaired) electrons. The number of unbranched alkanes of at least 4 members (excludes halogenated alkanes) is 1. The van der Waals surface area contributed by atoms with Gasteiger partial charge in [0, 0.05) is 12.2 Å². The number of aryl methyl sites for hydroxylation is 2. The number of carboxylic acids is 1. The first-order valence-corrected chi connectivity index (χ1v) is 6.22. The number of hydrogen-bond acceptors (Lipinski definition) is 3. The second-order valence-corrected chi connectivity index (χ2v) is 4.43. The van der Waals surface area contributed by atoms with Crippen LogP contribution in [0.2, 0.25) is 0 Å². The fourth-order valence-electron chi connectivity index (χ4n) is 2.15. The lowest BCUT2D eigenvalue weighted by Gasteiger charge is -2.10. The molecule has 1 aliphatic carbocycles. The van der Waals surface area contributed by atoms with Crippen LogP contribution >= 0.6 is 0 Å². The van der Waals surface area contributed by atoms with Crippen LogP contribution in [0.4, 0.5) is 5.82 Å². The van der Waals surface area contributed by atoms with E-state index in [-0.39, 0.29) is 0 Å². The van der Waals surface area contributed by atoms with Crippen molar-refractivity contribution in [1.82, 2.24) is 4.98 Å². The molecule has 4 heteroatoms. The third kappa shape index (κ3) is 2.57. The molecule has 0 atom stereocenters. The van der Waals surface area contributed by atoms with Crippen LogP contribution in [0.15, 0.2) is 6.07 Å². The summed E-state index contributed by atoms with van der Waals surface area (Å²) in [5, 5.41) is 12.3. The van der Waals surface area contributed by atoms with Gasteiger partial charge in [-0.1, -0.05) is 13.3 Å². The minimum absolute atomic E-state index is 0.307. The zero-order valence-electron chi connectivity index (χ0n) is 10.1. The van der Waals surface area contributed by atoms with Gasteiger partial charge >= 0.3 is 5.97 Å². The normalized spacial score (nSPS) is 13.5. The SMILES string of the molecule is CCCCNc1nc2c(cc1C(=O)O)CCC2. The van der Waals surface area contributed by atoms with Crippen LogP contribution in [0.1, 0.15) is 47.8 Å². The number of rotatable bonds is 5. The van der Waals surface area contributed by atoms with Gasteiger partial charge in [0.2, 0.25) is 0 Å². The number of nitrogens with one attached hydrogen (secondary N) is 1. The molecule has 1 aromatic heterocycles. The van der Waals surface area contributed by atoms with E-state index in [2.05, 4.69) is 17.2 Å². The summed E-state index contributed by atoms with van der Waals surface area (Å²) >= 11 is 0. The molecule has 0 spiro atoms. The van der Waals surface area contributed by atoms with Gasteiger partial charge in [0.15, 0.2) is 0 Å². The first-order chi connectivity index (χ1) is 8.22. The van der Waals surface area contributed by atoms with Gasteiger partial charge in [0.05, 0.1) is 0 Å². The molecule has 0 saturated carbocycles. The van der Waals surface area contributed by atoms with Crippen molar-refractivity contribution in [1.29, 1.82) is 0 Å². The Morgan fingerprint density at radius 1 is 1.53 bits per heavy atom. The molecule has 4 nitrogen and oxygen atoms in total. The maximum absolute atomic E-state index is 11.2. The molecular weight excluding hydrogens is 216 g/mol. The summed E-state index contributed by atoms with van der Waals surface area (Å²) in [5.74, 6) is -0.363. The average Bonchev–Trinajstić information content (AvgIpc) is 2.75. The molecule has 0 fully saturated rings. The number of nitrogens with zero attached hydrogens (tertiary/aromatic N) is 1. The topological polar surface area (TPSA) is 62.2 Å². The number of hydrogen-bond donors (Lipinski definition) is 2. The van der Waals surface area contributed by atoms with Crippen LogP contribution in [0, 0.1) is 0 Å². The standard InChI is InChI=1S/C13H18N2O2/c1-2-3-7-14-12-10(13(16)17)8-9-5-4-6-11(9)15-12/h8H,2-7H2,1H3,(H,14,15)(H,16,17). The van der Waals surface area contributed by atoms with Crippen molar-refractivity contribution in [2.24, 2.45) is 0 Å². The average molecular weight is 234 g/mol. The predicted octanol–water partition coefficient (Wildman–Crippen LogP) is 2.48. The number of aromatic nitrogens is 1. The van der Waals surface area contributed by atoms with E-state index < -0.39 is 5.97 Å². The fraction of sp³-hybridized carbons (Fsp3) is 0.538. The summed E-state index contributed by atoms with van der Waals surface area (Å²) < 4.78 is 0. The molecule has 2 N–H and O–H groups in total. The van der Waals surface area contributed by atoms with Gasteiger partial charge in [-0.25, -0.2) is 9.78 Å². The predicted molar refractivity (Wildman–Crippen MR) is 66.6 cm³/mol. The number of pyridine rings is 1. The van der Waals surface area contributed by atoms with Gasteiger partial charge in [-0.15, -0.1) is 0 Å². The molecule has 0 saturated heterocycles. The van der Waals surface area contributed by atoms with Gasteiger partial charge in [-0.05, 0) is 37.3 Å². The van der Waals surface area contributed by atoms with E-state index in [1.54, 1.807) is 6.07 Å². The second kappa shape index (κ2) is 5.17. The van der Waals surface area contributed by atoms with Crippen molar-refractivity contribution < 1.29 is 9.90 Å². The van der Waals surface area contributed by atoms with E-state index in [1.165, 1.54) is 0 Å². The second-order valence-electron chi connectivity index (χ2n) is 4.43. The van der Waals surface area contributed by atoms with Gasteiger partial charge in [-0.3, -0.25) is 0 Å². The highest BCUT2D eigenvalue weighted by atomic mass is 16.4. The van der Waals surface area contributed by atoms with Gasteiger partial charge in [0.25, 0.3) is 0 Å². The molecule has 1 aromatic rings. The zero-order valence-corrected chi connectivity index (χ0v) is 10.1. The summed E-state index contributed by atoms with van der Waals surface area (Å²) in [6.07, 6.45) is 5.12. The molecule has 17 heavy (non-hydrogen) atoms. The lowest BCUT2D eigenvalue weighted by atomic mass is 10.1. The summed E-state index contributed by atoms with van der Waals surface area (Å²) in [7, 11) is 0. The molecule has 0 bridgehead atoms. The van der Waals surface area contributed by atoms with Gasteiger partial charge in [0.1, 0.15) is 11.4 Å². The summed E-state index contributed by atoms with van der Waals surface area (Å²) in [6, 6.07) is 1.78. The van der Waals surface area contributed by atoms with Crippen LogP contribution in [0.25, 0.3) is 0 Å². The molecule has 1 aliphatic rings. The molecular formula is C13H18N2O2. The Balaban J connectivity index is 2.25. The Bertz CT molecular complexity index is 430. The monoisotopic (exact) mass is 234 g/mol. The first-order valence-electron chi connectivity index (χ1n) is 6.22. The molecule has 1 heterocycles. The molecule has 0 amide bonds. The highest BCUT2D eigenvalue weighted by molar-refractivity contribution is 5.93. The smallest absolute Gasteiger partial charge is 0.339 e. The first kappa shape index (κ1) is 11.9. The summed E-state index contributed by atoms with van der Waals surface area (Å²) in [4.78, 5) is 15.6. The van der Waals surface area contributed by atoms with E-state index in [9.17, 15) is 9.90 Å². The molecule has 0 aliphatic heterocycles. The highest BCUT2D eigenvalue weighted by Crippen LogP contribution is 2.25. The minimum Gasteiger partial charge on any atom is -0.478 e. The van der Waals surface area contributed by atoms with Crippen molar-refractivity contribution in [2.45, 2.75) is 39.0 Å². The van der Waals surface area contributed by atoms with Crippen LogP contribution in [0.3, 0.4) is 0 Å². The third-order valence-corrected chi connectivity index (χ3v) is 3.10. The Kier molecular flexibility index (Phi) is 3.61. The van der Waals surface area contributed by atoms with Gasteiger partial charge < -0.3 is 10.4 Å². The van der Waals surface area contributed by atoms with Crippen molar-refractivity contribution in [3.8, 4) is 0 Å². The van der Waals surface area contributed by atoms with E-state index in [1.807, 2.05) is 0 Å². The number of fused-ring (bicyclic) bond motifs is 1. The van der Waals surface area contributed by atoms with E-state index in [0.717, 1.165) is 49.9 Å². The van der Waals surface area contributed by atoms with Crippen molar-refractivity contribution >= 4 is 11.8 Å². The molecule has 0 unspecified atom stereocenters. The Labute approximate surface area is 101 Å². The zero-order chi connectivity index (χ0) is 12.3. The number of carbonyl (C=O) groups is 1. The fourth-order valence-corrected chi connectivity index (χ4v) is 2.15. The molecule has 0 aromatic carbocycles. The van der Waals surface area contributed by atoms with Crippen molar-refractivity contribution in [3.05, 3.63) is 22.9 Å². The lowest BCUT2D eigenvalue weighted by molar-refractivity contribution is 0.0697. The summed E-state index contributed by atoms with van der Waals surface area (Å²) in [5.41, 5.74) is 2.47. The molecule has 92 valence electrons. The van der Waals surface area contributed by atoms with E-state index in [4.69, 9.17) is 0 Å². The molecule has 2 rings (SSSR count). The summed E-state index contributed by atoms with van der Waals surface area (Å²) in [6.45, 7) is 2.89. The Hall–Kier alpha value is -1.58. The lowest BCUT2D eigenvalue weighted by Crippen LogP contribution is -2.11. The van der Waals surface area contributed by atoms with E-state index in [0.29, 0.717) is 11.4 Å². The Morgan fingerprint density at radius 2 is 2.35 bits per heavy atom. The Morgan fingerprint density at radius 3 is 3.06 bits per heavy atom. The largest absolute Gasteiger partial charge is 0.478 e.